The van der Waals surface area contributed by atoms with Crippen LogP contribution in [0.2, 0.25) is 0 Å². The Kier molecular flexibility index (Phi) is 8.30. The van der Waals surface area contributed by atoms with Crippen molar-refractivity contribution in [1.82, 2.24) is 15.5 Å². The van der Waals surface area contributed by atoms with Gasteiger partial charge in [0.2, 0.25) is 5.91 Å². The summed E-state index contributed by atoms with van der Waals surface area (Å²) < 4.78 is 35.5. The molecule has 0 bridgehead atoms. The van der Waals surface area contributed by atoms with Crippen LogP contribution in [0, 0.1) is 0 Å². The predicted octanol–water partition coefficient (Wildman–Crippen LogP) is 0.772. The minimum atomic E-state index is -4.25. The van der Waals surface area contributed by atoms with Crippen LogP contribution >= 0.6 is 12.4 Å². The van der Waals surface area contributed by atoms with Crippen molar-refractivity contribution in [2.24, 2.45) is 0 Å². The number of carbonyl (C=O) groups excluding carboxylic acids is 1. The van der Waals surface area contributed by atoms with Gasteiger partial charge in [-0.15, -0.1) is 12.4 Å². The Morgan fingerprint density at radius 1 is 1.28 bits per heavy atom. The van der Waals surface area contributed by atoms with Crippen LogP contribution in [0.1, 0.15) is 12.8 Å². The van der Waals surface area contributed by atoms with E-state index in [-0.39, 0.29) is 12.4 Å². The van der Waals surface area contributed by atoms with E-state index in [4.69, 9.17) is 0 Å². The maximum Gasteiger partial charge on any atom is 0.389 e. The van der Waals surface area contributed by atoms with Gasteiger partial charge in [-0.1, -0.05) is 0 Å². The zero-order valence-corrected chi connectivity index (χ0v) is 10.9. The number of hydrogen-bond acceptors (Lipinski definition) is 3. The highest BCUT2D eigenvalue weighted by Gasteiger charge is 2.27. The monoisotopic (exact) mass is 289 g/mol. The Balaban J connectivity index is 0.00000289. The van der Waals surface area contributed by atoms with Gasteiger partial charge in [-0.25, -0.2) is 0 Å². The first-order chi connectivity index (χ1) is 7.97. The summed E-state index contributed by atoms with van der Waals surface area (Å²) in [5.41, 5.74) is 0. The molecule has 0 saturated carbocycles. The standard InChI is InChI=1S/C10H18F3N3O.ClH/c11-10(12,13)2-1-9(17)15-5-8-16-6-3-14-4-7-16;/h14H,1-8H2,(H,15,17);1H. The van der Waals surface area contributed by atoms with Gasteiger partial charge in [0.05, 0.1) is 6.42 Å². The molecule has 0 aromatic carbocycles. The number of piperazine rings is 1. The first-order valence-corrected chi connectivity index (χ1v) is 5.74. The molecule has 0 aromatic heterocycles. The molecule has 0 radical (unpaired) electrons. The summed E-state index contributed by atoms with van der Waals surface area (Å²) in [6, 6.07) is 0. The van der Waals surface area contributed by atoms with Crippen molar-refractivity contribution >= 4 is 18.3 Å². The highest BCUT2D eigenvalue weighted by Crippen LogP contribution is 2.20. The maximum absolute atomic E-state index is 11.8. The van der Waals surface area contributed by atoms with Gasteiger partial charge in [-0.2, -0.15) is 13.2 Å². The summed E-state index contributed by atoms with van der Waals surface area (Å²) in [5.74, 6) is -0.530. The van der Waals surface area contributed by atoms with E-state index in [1.54, 1.807) is 0 Å². The van der Waals surface area contributed by atoms with Crippen LogP contribution in [-0.4, -0.2) is 56.3 Å². The molecule has 1 fully saturated rings. The SMILES string of the molecule is Cl.O=C(CCC(F)(F)F)NCCN1CCNCC1. The quantitative estimate of drug-likeness (QED) is 0.786. The van der Waals surface area contributed by atoms with Crippen molar-refractivity contribution in [2.75, 3.05) is 39.3 Å². The van der Waals surface area contributed by atoms with Crippen LogP contribution in [0.3, 0.4) is 0 Å². The fourth-order valence-corrected chi connectivity index (χ4v) is 1.63. The van der Waals surface area contributed by atoms with Crippen LogP contribution in [-0.2, 0) is 4.79 Å². The van der Waals surface area contributed by atoms with Gasteiger partial charge in [0, 0.05) is 45.7 Å². The third-order valence-electron chi connectivity index (χ3n) is 2.60. The molecular weight excluding hydrogens is 271 g/mol. The molecule has 1 aliphatic rings. The Hall–Kier alpha value is -0.530. The van der Waals surface area contributed by atoms with E-state index < -0.39 is 24.9 Å². The minimum absolute atomic E-state index is 0. The molecule has 0 unspecified atom stereocenters. The van der Waals surface area contributed by atoms with Crippen LogP contribution in [0.4, 0.5) is 13.2 Å². The lowest BCUT2D eigenvalue weighted by atomic mass is 10.3. The molecule has 108 valence electrons. The lowest BCUT2D eigenvalue weighted by Crippen LogP contribution is -2.46. The average molecular weight is 290 g/mol. The van der Waals surface area contributed by atoms with Gasteiger partial charge in [-0.3, -0.25) is 9.69 Å². The van der Waals surface area contributed by atoms with Crippen LogP contribution in [0.15, 0.2) is 0 Å². The first-order valence-electron chi connectivity index (χ1n) is 5.74. The van der Waals surface area contributed by atoms with Crippen molar-refractivity contribution in [3.05, 3.63) is 0 Å². The number of nitrogens with one attached hydrogen (secondary N) is 2. The van der Waals surface area contributed by atoms with Gasteiger partial charge >= 0.3 is 6.18 Å². The summed E-state index contributed by atoms with van der Waals surface area (Å²) >= 11 is 0. The fourth-order valence-electron chi connectivity index (χ4n) is 1.63. The molecule has 1 aliphatic heterocycles. The summed E-state index contributed by atoms with van der Waals surface area (Å²) in [6.45, 7) is 4.77. The molecule has 4 nitrogen and oxygen atoms in total. The largest absolute Gasteiger partial charge is 0.389 e. The van der Waals surface area contributed by atoms with Crippen LogP contribution < -0.4 is 10.6 Å². The van der Waals surface area contributed by atoms with Crippen molar-refractivity contribution < 1.29 is 18.0 Å². The second kappa shape index (κ2) is 8.55. The summed E-state index contributed by atoms with van der Waals surface area (Å²) in [5, 5.41) is 5.70. The topological polar surface area (TPSA) is 44.4 Å². The third kappa shape index (κ3) is 8.54. The van der Waals surface area contributed by atoms with E-state index in [9.17, 15) is 18.0 Å². The number of rotatable bonds is 5. The van der Waals surface area contributed by atoms with Crippen LogP contribution in [0.5, 0.6) is 0 Å². The summed E-state index contributed by atoms with van der Waals surface area (Å²) in [7, 11) is 0. The van der Waals surface area contributed by atoms with Gasteiger partial charge < -0.3 is 10.6 Å². The molecular formula is C10H19ClF3N3O. The molecule has 8 heteroatoms. The average Bonchev–Trinajstić information content (AvgIpc) is 2.27. The number of halogens is 4. The van der Waals surface area contributed by atoms with Crippen molar-refractivity contribution in [3.63, 3.8) is 0 Å². The molecule has 18 heavy (non-hydrogen) atoms. The highest BCUT2D eigenvalue weighted by molar-refractivity contribution is 5.85. The van der Waals surface area contributed by atoms with Gasteiger partial charge in [0.15, 0.2) is 0 Å². The number of hydrogen-bond donors (Lipinski definition) is 2. The van der Waals surface area contributed by atoms with Crippen molar-refractivity contribution in [2.45, 2.75) is 19.0 Å². The molecule has 0 spiro atoms. The summed E-state index contributed by atoms with van der Waals surface area (Å²) in [4.78, 5) is 13.3. The summed E-state index contributed by atoms with van der Waals surface area (Å²) in [6.07, 6.45) is -5.78. The zero-order valence-electron chi connectivity index (χ0n) is 10.1. The van der Waals surface area contributed by atoms with E-state index in [0.717, 1.165) is 26.2 Å². The van der Waals surface area contributed by atoms with Crippen molar-refractivity contribution in [3.8, 4) is 0 Å². The van der Waals surface area contributed by atoms with E-state index in [1.807, 2.05) is 0 Å². The normalized spacial score (nSPS) is 17.1. The number of amides is 1. The Morgan fingerprint density at radius 3 is 2.44 bits per heavy atom. The minimum Gasteiger partial charge on any atom is -0.355 e. The number of carbonyl (C=O) groups is 1. The smallest absolute Gasteiger partial charge is 0.355 e. The first kappa shape index (κ1) is 17.5. The van der Waals surface area contributed by atoms with E-state index in [2.05, 4.69) is 15.5 Å². The number of alkyl halides is 3. The number of nitrogens with zero attached hydrogens (tertiary/aromatic N) is 1. The van der Waals surface area contributed by atoms with Crippen LogP contribution in [0.25, 0.3) is 0 Å². The van der Waals surface area contributed by atoms with Crippen molar-refractivity contribution in [1.29, 1.82) is 0 Å². The van der Waals surface area contributed by atoms with E-state index >= 15 is 0 Å². The predicted molar refractivity (Wildman–Crippen MR) is 64.9 cm³/mol. The fraction of sp³-hybridized carbons (Fsp3) is 0.900. The lowest BCUT2D eigenvalue weighted by Gasteiger charge is -2.27. The maximum atomic E-state index is 11.8. The van der Waals surface area contributed by atoms with E-state index in [0.29, 0.717) is 13.1 Å². The zero-order chi connectivity index (χ0) is 12.7. The molecule has 1 rings (SSSR count). The lowest BCUT2D eigenvalue weighted by molar-refractivity contribution is -0.144. The second-order valence-corrected chi connectivity index (χ2v) is 4.06. The molecule has 0 aromatic rings. The van der Waals surface area contributed by atoms with Gasteiger partial charge in [-0.05, 0) is 0 Å². The molecule has 1 saturated heterocycles. The Labute approximate surface area is 111 Å². The Morgan fingerprint density at radius 2 is 1.89 bits per heavy atom. The Bertz CT molecular complexity index is 245. The van der Waals surface area contributed by atoms with Gasteiger partial charge in [0.1, 0.15) is 0 Å². The third-order valence-corrected chi connectivity index (χ3v) is 2.60. The molecule has 2 N–H and O–H groups in total. The highest BCUT2D eigenvalue weighted by atomic mass is 35.5. The molecule has 0 atom stereocenters. The molecule has 1 amide bonds. The molecule has 1 heterocycles. The van der Waals surface area contributed by atoms with Gasteiger partial charge in [0.25, 0.3) is 0 Å². The van der Waals surface area contributed by atoms with E-state index in [1.165, 1.54) is 0 Å². The second-order valence-electron chi connectivity index (χ2n) is 4.06. The molecule has 0 aliphatic carbocycles.